The van der Waals surface area contributed by atoms with E-state index in [2.05, 4.69) is 6.92 Å². The summed E-state index contributed by atoms with van der Waals surface area (Å²) >= 11 is 0. The van der Waals surface area contributed by atoms with Gasteiger partial charge in [0.25, 0.3) is 0 Å². The van der Waals surface area contributed by atoms with E-state index in [1.54, 1.807) is 6.92 Å². The Morgan fingerprint density at radius 1 is 0.875 bits per heavy atom. The van der Waals surface area contributed by atoms with E-state index in [-0.39, 0.29) is 11.8 Å². The van der Waals surface area contributed by atoms with Crippen LogP contribution in [0.25, 0.3) is 0 Å². The first-order valence-electron chi connectivity index (χ1n) is 6.38. The summed E-state index contributed by atoms with van der Waals surface area (Å²) in [5.74, 6) is 0.0849. The highest BCUT2D eigenvalue weighted by Crippen LogP contribution is 2.07. The minimum Gasteiger partial charge on any atom is -0.466 e. The molecule has 3 nitrogen and oxygen atoms in total. The fraction of sp³-hybridized carbons (Fsp3) is 0.846. The second kappa shape index (κ2) is 10.7. The number of hydrogen-bond acceptors (Lipinski definition) is 3. The van der Waals surface area contributed by atoms with Gasteiger partial charge in [-0.15, -0.1) is 0 Å². The summed E-state index contributed by atoms with van der Waals surface area (Å²) in [6, 6.07) is 0. The molecule has 0 spiro atoms. The fourth-order valence-corrected chi connectivity index (χ4v) is 1.54. The van der Waals surface area contributed by atoms with Crippen LogP contribution in [-0.2, 0) is 14.3 Å². The van der Waals surface area contributed by atoms with E-state index in [1.165, 1.54) is 12.8 Å². The lowest BCUT2D eigenvalue weighted by Crippen LogP contribution is -2.05. The zero-order chi connectivity index (χ0) is 12.2. The number of unbranched alkanes of at least 4 members (excludes halogenated alkanes) is 3. The molecule has 0 rings (SSSR count). The maximum Gasteiger partial charge on any atom is 0.305 e. The van der Waals surface area contributed by atoms with Crippen molar-refractivity contribution in [2.75, 3.05) is 6.61 Å². The van der Waals surface area contributed by atoms with Gasteiger partial charge in [-0.1, -0.05) is 26.2 Å². The van der Waals surface area contributed by atoms with Crippen molar-refractivity contribution in [2.24, 2.45) is 0 Å². The van der Waals surface area contributed by atoms with E-state index in [1.807, 2.05) is 0 Å². The Labute approximate surface area is 98.6 Å². The minimum absolute atomic E-state index is 0.193. The molecule has 16 heavy (non-hydrogen) atoms. The van der Waals surface area contributed by atoms with Crippen molar-refractivity contribution < 1.29 is 14.3 Å². The maximum atomic E-state index is 11.4. The summed E-state index contributed by atoms with van der Waals surface area (Å²) in [5, 5.41) is 0. The van der Waals surface area contributed by atoms with Crippen LogP contribution in [0.4, 0.5) is 0 Å². The van der Waals surface area contributed by atoms with Crippen molar-refractivity contribution in [3.8, 4) is 0 Å². The topological polar surface area (TPSA) is 43.4 Å². The average Bonchev–Trinajstić information content (AvgIpc) is 2.25. The number of rotatable bonds is 10. The molecule has 0 bridgehead atoms. The normalized spacial score (nSPS) is 10.1. The summed E-state index contributed by atoms with van der Waals surface area (Å²) in [4.78, 5) is 22.4. The molecular weight excluding hydrogens is 204 g/mol. The van der Waals surface area contributed by atoms with Crippen LogP contribution < -0.4 is 0 Å². The number of carbonyl (C=O) groups excluding carboxylic acids is 2. The molecule has 0 N–H and O–H groups in total. The molecule has 0 radical (unpaired) electrons. The lowest BCUT2D eigenvalue weighted by molar-refractivity contribution is -0.143. The van der Waals surface area contributed by atoms with Crippen LogP contribution in [0.5, 0.6) is 0 Å². The van der Waals surface area contributed by atoms with E-state index in [9.17, 15) is 9.59 Å². The Morgan fingerprint density at radius 3 is 2.19 bits per heavy atom. The number of ether oxygens (including phenoxy) is 1. The predicted octanol–water partition coefficient (Wildman–Crippen LogP) is 3.26. The van der Waals surface area contributed by atoms with Crippen molar-refractivity contribution >= 4 is 11.8 Å². The lowest BCUT2D eigenvalue weighted by atomic mass is 10.1. The summed E-state index contributed by atoms with van der Waals surface area (Å²) < 4.78 is 4.79. The van der Waals surface area contributed by atoms with Crippen molar-refractivity contribution in [1.82, 2.24) is 0 Å². The first-order chi connectivity index (χ1) is 7.70. The van der Waals surface area contributed by atoms with Crippen molar-refractivity contribution in [3.63, 3.8) is 0 Å². The predicted molar refractivity (Wildman–Crippen MR) is 64.3 cm³/mol. The van der Waals surface area contributed by atoms with Crippen LogP contribution >= 0.6 is 0 Å². The molecule has 0 fully saturated rings. The standard InChI is InChI=1S/C13H24O3/c1-3-5-6-7-9-12(14)10-8-11-13(15)16-4-2/h3-11H2,1-2H3. The largest absolute Gasteiger partial charge is 0.466 e. The van der Waals surface area contributed by atoms with Gasteiger partial charge in [-0.3, -0.25) is 9.59 Å². The Hall–Kier alpha value is -0.860. The fourth-order valence-electron chi connectivity index (χ4n) is 1.54. The maximum absolute atomic E-state index is 11.4. The molecule has 94 valence electrons. The Balaban J connectivity index is 3.33. The molecule has 0 aromatic heterocycles. The number of Topliss-reactive ketones (excluding diaryl/α,β-unsaturated/α-hetero) is 1. The number of esters is 1. The third-order valence-corrected chi connectivity index (χ3v) is 2.45. The molecule has 0 unspecified atom stereocenters. The quantitative estimate of drug-likeness (QED) is 0.426. The summed E-state index contributed by atoms with van der Waals surface area (Å²) in [6.45, 7) is 4.36. The van der Waals surface area contributed by atoms with Gasteiger partial charge in [0.05, 0.1) is 6.61 Å². The molecule has 0 amide bonds. The van der Waals surface area contributed by atoms with Gasteiger partial charge in [0.15, 0.2) is 0 Å². The van der Waals surface area contributed by atoms with E-state index in [0.717, 1.165) is 12.8 Å². The van der Waals surface area contributed by atoms with Gasteiger partial charge < -0.3 is 4.74 Å². The highest BCUT2D eigenvalue weighted by molar-refractivity contribution is 5.79. The first-order valence-corrected chi connectivity index (χ1v) is 6.38. The Bertz CT molecular complexity index is 199. The minimum atomic E-state index is -0.193. The molecule has 0 heterocycles. The summed E-state index contributed by atoms with van der Waals surface area (Å²) in [7, 11) is 0. The van der Waals surface area contributed by atoms with E-state index in [0.29, 0.717) is 32.3 Å². The van der Waals surface area contributed by atoms with Crippen LogP contribution in [0.3, 0.4) is 0 Å². The van der Waals surface area contributed by atoms with Crippen LogP contribution in [0.1, 0.15) is 65.2 Å². The van der Waals surface area contributed by atoms with Gasteiger partial charge in [0, 0.05) is 19.3 Å². The molecule has 0 saturated carbocycles. The van der Waals surface area contributed by atoms with Crippen LogP contribution in [-0.4, -0.2) is 18.4 Å². The van der Waals surface area contributed by atoms with E-state index in [4.69, 9.17) is 4.74 Å². The molecular formula is C13H24O3. The Kier molecular flexibility index (Phi) is 10.1. The van der Waals surface area contributed by atoms with Gasteiger partial charge >= 0.3 is 5.97 Å². The van der Waals surface area contributed by atoms with Gasteiger partial charge in [0.1, 0.15) is 5.78 Å². The van der Waals surface area contributed by atoms with Crippen LogP contribution in [0.2, 0.25) is 0 Å². The van der Waals surface area contributed by atoms with Crippen molar-refractivity contribution in [2.45, 2.75) is 65.2 Å². The average molecular weight is 228 g/mol. The third kappa shape index (κ3) is 9.69. The molecule has 0 saturated heterocycles. The highest BCUT2D eigenvalue weighted by atomic mass is 16.5. The van der Waals surface area contributed by atoms with Crippen LogP contribution in [0, 0.1) is 0 Å². The number of hydrogen-bond donors (Lipinski definition) is 0. The Morgan fingerprint density at radius 2 is 1.56 bits per heavy atom. The summed E-state index contributed by atoms with van der Waals surface area (Å²) in [6.07, 6.45) is 6.72. The molecule has 0 atom stereocenters. The smallest absolute Gasteiger partial charge is 0.305 e. The SMILES string of the molecule is CCCCCCC(=O)CCCC(=O)OCC. The van der Waals surface area contributed by atoms with Crippen molar-refractivity contribution in [1.29, 1.82) is 0 Å². The van der Waals surface area contributed by atoms with Crippen molar-refractivity contribution in [3.05, 3.63) is 0 Å². The molecule has 0 aromatic carbocycles. The van der Waals surface area contributed by atoms with Gasteiger partial charge in [-0.2, -0.15) is 0 Å². The number of ketones is 1. The number of carbonyl (C=O) groups is 2. The molecule has 0 aromatic rings. The van der Waals surface area contributed by atoms with Crippen LogP contribution in [0.15, 0.2) is 0 Å². The lowest BCUT2D eigenvalue weighted by Gasteiger charge is -2.02. The molecule has 0 aliphatic heterocycles. The third-order valence-electron chi connectivity index (χ3n) is 2.45. The van der Waals surface area contributed by atoms with E-state index >= 15 is 0 Å². The van der Waals surface area contributed by atoms with Gasteiger partial charge in [-0.05, 0) is 19.8 Å². The van der Waals surface area contributed by atoms with Gasteiger partial charge in [-0.25, -0.2) is 0 Å². The molecule has 3 heteroatoms. The highest BCUT2D eigenvalue weighted by Gasteiger charge is 2.05. The molecule has 0 aliphatic rings. The zero-order valence-corrected chi connectivity index (χ0v) is 10.6. The first kappa shape index (κ1) is 15.1. The summed E-state index contributed by atoms with van der Waals surface area (Å²) in [5.41, 5.74) is 0. The molecule has 0 aliphatic carbocycles. The zero-order valence-electron chi connectivity index (χ0n) is 10.6. The second-order valence-electron chi connectivity index (χ2n) is 4.01. The second-order valence-corrected chi connectivity index (χ2v) is 4.01. The van der Waals surface area contributed by atoms with E-state index < -0.39 is 0 Å². The van der Waals surface area contributed by atoms with Gasteiger partial charge in [0.2, 0.25) is 0 Å². The monoisotopic (exact) mass is 228 g/mol.